The van der Waals surface area contributed by atoms with Crippen molar-refractivity contribution in [1.29, 1.82) is 0 Å². The molecule has 10 rings (SSSR count). The Kier molecular flexibility index (Phi) is 10.3. The number of aromatic nitrogens is 4. The zero-order valence-electron chi connectivity index (χ0n) is 35.3. The number of methoxy groups -OCH3 is 1. The Labute approximate surface area is 360 Å². The van der Waals surface area contributed by atoms with Crippen LogP contribution in [0, 0.1) is 11.8 Å². The fraction of sp³-hybridized carbons (Fsp3) is 0.417. The summed E-state index contributed by atoms with van der Waals surface area (Å²) in [5.41, 5.74) is 10.1. The van der Waals surface area contributed by atoms with Crippen LogP contribution in [0.25, 0.3) is 33.6 Å². The van der Waals surface area contributed by atoms with Crippen LogP contribution in [0.2, 0.25) is 0 Å². The summed E-state index contributed by atoms with van der Waals surface area (Å²) >= 11 is 0. The number of aromatic amines is 2. The predicted octanol–water partition coefficient (Wildman–Crippen LogP) is 7.10. The first-order valence-corrected chi connectivity index (χ1v) is 22.0. The van der Waals surface area contributed by atoms with Crippen LogP contribution in [-0.4, -0.2) is 79.8 Å². The number of amides is 4. The van der Waals surface area contributed by atoms with Crippen LogP contribution < -0.4 is 15.4 Å². The lowest BCUT2D eigenvalue weighted by Crippen LogP contribution is -2.51. The van der Waals surface area contributed by atoms with E-state index >= 15 is 0 Å². The Bertz CT molecular complexity index is 2560. The standard InChI is InChI=1S/C48H52N8O6/c1-26(2)40(54-48(60)61-3)46(58)56-20-8-12-38(56)44-50-35-18-16-29-22-34-32-17-15-30(21-31(32)25-62-39(34)23-33(29)42(35)52-44)36-24-49-43(51-36)37-11-7-19-55(37)47(59)41(27-9-5-4-6-10-27)53-45(57)28-13-14-28/h4-6,9-10,15,17,21-24,26,28,37-38,40-41H,7-8,11-14,16,18-20,25H2,1-3H3,(H,49,51)(H,50,52)(H,53,57)(H,54,60)/t37-,38?,40-,41+/m0/s1. The molecule has 4 atom stereocenters. The Morgan fingerprint density at radius 1 is 0.806 bits per heavy atom. The summed E-state index contributed by atoms with van der Waals surface area (Å²) in [5.74, 6) is 1.91. The molecule has 14 heteroatoms. The number of benzene rings is 3. The Morgan fingerprint density at radius 3 is 2.31 bits per heavy atom. The van der Waals surface area contributed by atoms with Gasteiger partial charge in [0.1, 0.15) is 36.1 Å². The van der Waals surface area contributed by atoms with Gasteiger partial charge in [-0.25, -0.2) is 14.8 Å². The molecule has 2 saturated heterocycles. The van der Waals surface area contributed by atoms with Crippen molar-refractivity contribution < 1.29 is 28.7 Å². The minimum atomic E-state index is -0.741. The summed E-state index contributed by atoms with van der Waals surface area (Å²) < 4.78 is 11.3. The first-order chi connectivity index (χ1) is 30.1. The molecule has 1 saturated carbocycles. The summed E-state index contributed by atoms with van der Waals surface area (Å²) in [6.45, 7) is 5.43. The fourth-order valence-electron chi connectivity index (χ4n) is 9.80. The van der Waals surface area contributed by atoms with E-state index in [0.29, 0.717) is 19.7 Å². The lowest BCUT2D eigenvalue weighted by atomic mass is 9.86. The highest BCUT2D eigenvalue weighted by atomic mass is 16.5. The van der Waals surface area contributed by atoms with Crippen molar-refractivity contribution in [2.75, 3.05) is 20.2 Å². The van der Waals surface area contributed by atoms with Crippen molar-refractivity contribution in [2.45, 2.75) is 96.0 Å². The van der Waals surface area contributed by atoms with Gasteiger partial charge in [-0.15, -0.1) is 0 Å². The molecule has 0 bridgehead atoms. The second-order valence-electron chi connectivity index (χ2n) is 17.7. The molecule has 2 aliphatic carbocycles. The maximum absolute atomic E-state index is 14.2. The minimum Gasteiger partial charge on any atom is -0.488 e. The van der Waals surface area contributed by atoms with Crippen LogP contribution >= 0.6 is 0 Å². The number of alkyl carbamates (subject to hydrolysis) is 1. The molecule has 3 fully saturated rings. The molecule has 0 spiro atoms. The molecule has 14 nitrogen and oxygen atoms in total. The van der Waals surface area contributed by atoms with Crippen molar-refractivity contribution >= 4 is 23.8 Å². The van der Waals surface area contributed by atoms with Gasteiger partial charge in [0.05, 0.1) is 36.8 Å². The highest BCUT2D eigenvalue weighted by Gasteiger charge is 2.41. The zero-order valence-corrected chi connectivity index (χ0v) is 35.3. The number of aryl methyl sites for hydroxylation is 2. The van der Waals surface area contributed by atoms with E-state index in [1.54, 1.807) is 0 Å². The number of imidazole rings is 2. The van der Waals surface area contributed by atoms with Gasteiger partial charge in [-0.3, -0.25) is 14.4 Å². The number of hydrogen-bond acceptors (Lipinski definition) is 8. The molecule has 5 heterocycles. The Balaban J connectivity index is 0.868. The number of hydrogen-bond donors (Lipinski definition) is 4. The number of carbonyl (C=O) groups is 4. The molecular weight excluding hydrogens is 785 g/mol. The molecule has 5 aliphatic rings. The number of carbonyl (C=O) groups excluding carboxylic acids is 4. The van der Waals surface area contributed by atoms with E-state index in [1.165, 1.54) is 12.7 Å². The molecule has 62 heavy (non-hydrogen) atoms. The van der Waals surface area contributed by atoms with Gasteiger partial charge in [0.15, 0.2) is 0 Å². The molecule has 4 N–H and O–H groups in total. The number of fused-ring (bicyclic) bond motifs is 6. The summed E-state index contributed by atoms with van der Waals surface area (Å²) in [5, 5.41) is 5.79. The van der Waals surface area contributed by atoms with Crippen LogP contribution in [0.15, 0.2) is 66.9 Å². The van der Waals surface area contributed by atoms with Crippen molar-refractivity contribution in [3.05, 3.63) is 101 Å². The predicted molar refractivity (Wildman–Crippen MR) is 230 cm³/mol. The number of nitrogens with zero attached hydrogens (tertiary/aromatic N) is 4. The van der Waals surface area contributed by atoms with E-state index < -0.39 is 18.2 Å². The van der Waals surface area contributed by atoms with Gasteiger partial charge in [0.2, 0.25) is 17.7 Å². The Hall–Kier alpha value is -6.44. The van der Waals surface area contributed by atoms with E-state index in [2.05, 4.69) is 50.9 Å². The second-order valence-corrected chi connectivity index (χ2v) is 17.7. The number of nitrogens with one attached hydrogen (secondary N) is 4. The number of rotatable bonds is 10. The third-order valence-electron chi connectivity index (χ3n) is 13.3. The molecular formula is C48H52N8O6. The van der Waals surface area contributed by atoms with E-state index in [-0.39, 0.29) is 41.6 Å². The van der Waals surface area contributed by atoms with E-state index in [1.807, 2.05) is 60.2 Å². The quantitative estimate of drug-likeness (QED) is 0.115. The first-order valence-electron chi connectivity index (χ1n) is 22.0. The normalized spacial score (nSPS) is 19.7. The number of likely N-dealkylation sites (tertiary alicyclic amines) is 2. The molecule has 4 amide bonds. The van der Waals surface area contributed by atoms with Crippen LogP contribution in [0.3, 0.4) is 0 Å². The number of H-pyrrole nitrogens is 2. The zero-order chi connectivity index (χ0) is 42.6. The lowest BCUT2D eigenvalue weighted by Gasteiger charge is -2.30. The van der Waals surface area contributed by atoms with Crippen molar-refractivity contribution in [1.82, 2.24) is 40.4 Å². The molecule has 0 radical (unpaired) electrons. The smallest absolute Gasteiger partial charge is 0.407 e. The van der Waals surface area contributed by atoms with E-state index in [4.69, 9.17) is 19.4 Å². The van der Waals surface area contributed by atoms with Crippen LogP contribution in [0.5, 0.6) is 5.75 Å². The van der Waals surface area contributed by atoms with Gasteiger partial charge in [-0.1, -0.05) is 56.3 Å². The van der Waals surface area contributed by atoms with Gasteiger partial charge in [0.25, 0.3) is 0 Å². The van der Waals surface area contributed by atoms with Gasteiger partial charge >= 0.3 is 6.09 Å². The SMILES string of the molecule is COC(=O)N[C@H](C(=O)N1CCCC1c1nc2c([nH]1)CCc1cc3c(cc1-2)OCc1cc(-c2cnc([C@@H]4CCCN4C(=O)[C@H](NC(=O)C4CC4)c4ccccc4)[nH]2)ccc1-3)C(C)C. The topological polar surface area (TPSA) is 175 Å². The highest BCUT2D eigenvalue weighted by Crippen LogP contribution is 2.46. The molecule has 320 valence electrons. The van der Waals surface area contributed by atoms with E-state index in [0.717, 1.165) is 119 Å². The maximum Gasteiger partial charge on any atom is 0.407 e. The average Bonchev–Trinajstić information content (AvgIpc) is 3.70. The van der Waals surface area contributed by atoms with Gasteiger partial charge in [-0.05, 0) is 103 Å². The molecule has 1 unspecified atom stereocenters. The van der Waals surface area contributed by atoms with Gasteiger partial charge in [-0.2, -0.15) is 0 Å². The van der Waals surface area contributed by atoms with Crippen molar-refractivity contribution in [2.24, 2.45) is 11.8 Å². The second kappa shape index (κ2) is 16.1. The number of ether oxygens (including phenoxy) is 2. The maximum atomic E-state index is 14.2. The lowest BCUT2D eigenvalue weighted by molar-refractivity contribution is -0.138. The van der Waals surface area contributed by atoms with Gasteiger partial charge in [0, 0.05) is 35.8 Å². The summed E-state index contributed by atoms with van der Waals surface area (Å²) in [6.07, 6.45) is 7.87. The first kappa shape index (κ1) is 39.7. The molecule has 3 aliphatic heterocycles. The highest BCUT2D eigenvalue weighted by molar-refractivity contribution is 5.91. The summed E-state index contributed by atoms with van der Waals surface area (Å²) in [7, 11) is 1.30. The summed E-state index contributed by atoms with van der Waals surface area (Å²) in [6, 6.07) is 18.4. The molecule has 5 aromatic rings. The van der Waals surface area contributed by atoms with Gasteiger partial charge < -0.3 is 39.9 Å². The van der Waals surface area contributed by atoms with Crippen LogP contribution in [-0.2, 0) is 38.6 Å². The van der Waals surface area contributed by atoms with Crippen LogP contribution in [0.4, 0.5) is 4.79 Å². The third-order valence-corrected chi connectivity index (χ3v) is 13.3. The fourth-order valence-corrected chi connectivity index (χ4v) is 9.80. The van der Waals surface area contributed by atoms with Crippen molar-refractivity contribution in [3.8, 4) is 39.4 Å². The third kappa shape index (κ3) is 7.28. The van der Waals surface area contributed by atoms with E-state index in [9.17, 15) is 19.2 Å². The molecule has 3 aromatic carbocycles. The molecule has 2 aromatic heterocycles. The minimum absolute atomic E-state index is 0.00553. The Morgan fingerprint density at radius 2 is 1.56 bits per heavy atom. The largest absolute Gasteiger partial charge is 0.488 e. The summed E-state index contributed by atoms with van der Waals surface area (Å²) in [4.78, 5) is 73.8. The van der Waals surface area contributed by atoms with Crippen LogP contribution in [0.1, 0.15) is 105 Å². The monoisotopic (exact) mass is 836 g/mol. The average molecular weight is 837 g/mol. The van der Waals surface area contributed by atoms with Crippen molar-refractivity contribution in [3.63, 3.8) is 0 Å².